The van der Waals surface area contributed by atoms with Crippen LogP contribution in [0, 0.1) is 0 Å². The highest BCUT2D eigenvalue weighted by Crippen LogP contribution is 2.50. The van der Waals surface area contributed by atoms with Crippen molar-refractivity contribution in [3.05, 3.63) is 35.2 Å². The maximum atomic E-state index is 13.7. The van der Waals surface area contributed by atoms with Crippen molar-refractivity contribution in [2.45, 2.75) is 42.8 Å². The molecule has 0 bridgehead atoms. The van der Waals surface area contributed by atoms with Crippen molar-refractivity contribution in [1.29, 1.82) is 0 Å². The Balaban J connectivity index is 1.57. The number of pyridine rings is 1. The second-order valence-corrected chi connectivity index (χ2v) is 7.68. The molecule has 2 aliphatic heterocycles. The molecule has 8 nitrogen and oxygen atoms in total. The fourth-order valence-corrected chi connectivity index (χ4v) is 4.07. The highest BCUT2D eigenvalue weighted by molar-refractivity contribution is 5.98. The summed E-state index contributed by atoms with van der Waals surface area (Å²) in [6, 6.07) is 2.11. The van der Waals surface area contributed by atoms with Crippen LogP contribution in [0.2, 0.25) is 0 Å². The van der Waals surface area contributed by atoms with Gasteiger partial charge in [0, 0.05) is 30.9 Å². The van der Waals surface area contributed by atoms with Crippen molar-refractivity contribution in [2.75, 3.05) is 23.3 Å². The van der Waals surface area contributed by atoms with Gasteiger partial charge in [-0.1, -0.05) is 0 Å². The largest absolute Gasteiger partial charge is 0.424 e. The van der Waals surface area contributed by atoms with Gasteiger partial charge in [-0.25, -0.2) is 4.98 Å². The van der Waals surface area contributed by atoms with Crippen LogP contribution >= 0.6 is 0 Å². The minimum absolute atomic E-state index is 0.0705. The molecule has 14 heteroatoms. The summed E-state index contributed by atoms with van der Waals surface area (Å²) in [7, 11) is 0. The Morgan fingerprint density at radius 1 is 1.12 bits per heavy atom. The van der Waals surface area contributed by atoms with Crippen LogP contribution in [0.1, 0.15) is 35.6 Å². The van der Waals surface area contributed by atoms with Crippen molar-refractivity contribution in [1.82, 2.24) is 15.2 Å². The minimum Gasteiger partial charge on any atom is -0.380 e. The van der Waals surface area contributed by atoms with Crippen molar-refractivity contribution in [3.8, 4) is 0 Å². The lowest BCUT2D eigenvalue weighted by atomic mass is 9.79. The predicted octanol–water partition coefficient (Wildman–Crippen LogP) is 2.27. The quantitative estimate of drug-likeness (QED) is 0.506. The lowest BCUT2D eigenvalue weighted by Gasteiger charge is -2.39. The van der Waals surface area contributed by atoms with E-state index < -0.39 is 52.8 Å². The number of carbonyl (C=O) groups is 1. The van der Waals surface area contributed by atoms with Crippen molar-refractivity contribution in [3.63, 3.8) is 0 Å². The van der Waals surface area contributed by atoms with Crippen LogP contribution in [0.4, 0.5) is 38.0 Å². The van der Waals surface area contributed by atoms with Crippen LogP contribution in [0.25, 0.3) is 0 Å². The monoisotopic (exact) mass is 465 g/mol. The molecule has 0 saturated carbocycles. The molecule has 32 heavy (non-hydrogen) atoms. The van der Waals surface area contributed by atoms with Crippen molar-refractivity contribution in [2.24, 2.45) is 0 Å². The molecule has 2 aromatic heterocycles. The van der Waals surface area contributed by atoms with E-state index in [1.807, 2.05) is 5.32 Å². The van der Waals surface area contributed by atoms with Crippen LogP contribution in [0.5, 0.6) is 0 Å². The molecule has 174 valence electrons. The third-order valence-electron chi connectivity index (χ3n) is 5.80. The molecular weight excluding hydrogens is 448 g/mol. The molecule has 2 aliphatic rings. The summed E-state index contributed by atoms with van der Waals surface area (Å²) < 4.78 is 79.3. The van der Waals surface area contributed by atoms with Crippen LogP contribution in [-0.2, 0) is 16.6 Å². The van der Waals surface area contributed by atoms with E-state index in [0.717, 1.165) is 6.07 Å². The van der Waals surface area contributed by atoms with E-state index in [0.29, 0.717) is 6.20 Å². The lowest BCUT2D eigenvalue weighted by Crippen LogP contribution is -2.59. The molecule has 4 N–H and O–H groups in total. The smallest absolute Gasteiger partial charge is 0.380 e. The first kappa shape index (κ1) is 22.3. The Morgan fingerprint density at radius 2 is 1.78 bits per heavy atom. The second-order valence-electron chi connectivity index (χ2n) is 7.68. The third-order valence-corrected chi connectivity index (χ3v) is 5.80. The van der Waals surface area contributed by atoms with Crippen LogP contribution < -0.4 is 10.2 Å². The fraction of sp³-hybridized carbons (Fsp3) is 0.500. The number of anilines is 2. The third kappa shape index (κ3) is 3.46. The highest BCUT2D eigenvalue weighted by atomic mass is 19.4. The number of aromatic amines is 1. The molecular formula is C18H17F6N5O3. The summed E-state index contributed by atoms with van der Waals surface area (Å²) in [5, 5.41) is 28.4. The number of aliphatic hydroxyl groups is 2. The maximum Gasteiger partial charge on any atom is 0.424 e. The van der Waals surface area contributed by atoms with Gasteiger partial charge in [0.2, 0.25) is 5.60 Å². The van der Waals surface area contributed by atoms with Gasteiger partial charge in [-0.15, -0.1) is 0 Å². The molecule has 0 radical (unpaired) electrons. The molecule has 1 saturated heterocycles. The lowest BCUT2D eigenvalue weighted by molar-refractivity contribution is -0.293. The highest BCUT2D eigenvalue weighted by Gasteiger charge is 2.66. The Morgan fingerprint density at radius 3 is 2.31 bits per heavy atom. The summed E-state index contributed by atoms with van der Waals surface area (Å²) in [5.41, 5.74) is -5.53. The second kappa shape index (κ2) is 7.33. The Labute approximate surface area is 176 Å². The number of hydrogen-bond donors (Lipinski definition) is 4. The first-order valence-corrected chi connectivity index (χ1v) is 9.49. The predicted molar refractivity (Wildman–Crippen MR) is 96.6 cm³/mol. The number of piperidine rings is 1. The average Bonchev–Trinajstić information content (AvgIpc) is 3.15. The zero-order valence-electron chi connectivity index (χ0n) is 16.1. The van der Waals surface area contributed by atoms with E-state index >= 15 is 0 Å². The molecule has 0 aromatic carbocycles. The topological polar surface area (TPSA) is 114 Å². The van der Waals surface area contributed by atoms with E-state index in [-0.39, 0.29) is 37.4 Å². The van der Waals surface area contributed by atoms with Gasteiger partial charge < -0.3 is 20.4 Å². The molecule has 2 unspecified atom stereocenters. The fourth-order valence-electron chi connectivity index (χ4n) is 4.07. The molecule has 0 aliphatic carbocycles. The number of hydrogen-bond acceptors (Lipinski definition) is 6. The van der Waals surface area contributed by atoms with Gasteiger partial charge >= 0.3 is 12.4 Å². The number of fused-ring (bicyclic) bond motifs is 1. The minimum atomic E-state index is -5.36. The average molecular weight is 465 g/mol. The number of alkyl halides is 6. The normalized spacial score (nSPS) is 24.9. The van der Waals surface area contributed by atoms with Crippen LogP contribution in [-0.4, -0.2) is 56.7 Å². The number of nitrogens with zero attached hydrogens (tertiary/aromatic N) is 3. The first-order valence-electron chi connectivity index (χ1n) is 9.49. The van der Waals surface area contributed by atoms with Gasteiger partial charge in [0.05, 0.1) is 11.1 Å². The van der Waals surface area contributed by atoms with Gasteiger partial charge in [-0.05, 0) is 25.0 Å². The summed E-state index contributed by atoms with van der Waals surface area (Å²) in [5.74, 6) is -2.20. The Kier molecular flexibility index (Phi) is 5.12. The van der Waals surface area contributed by atoms with Crippen LogP contribution in [0.15, 0.2) is 18.3 Å². The van der Waals surface area contributed by atoms with E-state index in [1.54, 1.807) is 4.90 Å². The first-order chi connectivity index (χ1) is 14.8. The summed E-state index contributed by atoms with van der Waals surface area (Å²) in [6.45, 7) is 0.520. The Bertz CT molecular complexity index is 1010. The van der Waals surface area contributed by atoms with E-state index in [2.05, 4.69) is 15.2 Å². The molecule has 0 spiro atoms. The van der Waals surface area contributed by atoms with Gasteiger partial charge in [-0.2, -0.15) is 31.4 Å². The summed E-state index contributed by atoms with van der Waals surface area (Å²) in [4.78, 5) is 17.2. The van der Waals surface area contributed by atoms with Crippen molar-refractivity contribution >= 4 is 17.5 Å². The molecule has 1 fully saturated rings. The molecule has 2 aromatic rings. The van der Waals surface area contributed by atoms with E-state index in [4.69, 9.17) is 0 Å². The van der Waals surface area contributed by atoms with Gasteiger partial charge in [-0.3, -0.25) is 9.89 Å². The van der Waals surface area contributed by atoms with Crippen LogP contribution in [0.3, 0.4) is 0 Å². The standard InChI is InChI=1S/C18H17F6N5O3/c19-17(20,21)9-1-2-10(25-7-9)29-5-3-8(4-6-29)12-11-14(28-27-12)26-15(31)13(30)16(11,32)18(22,23)24/h1-2,7-8,13,30,32H,3-6H2,(H2,26,27,28,31). The van der Waals surface area contributed by atoms with E-state index in [1.165, 1.54) is 6.07 Å². The number of aliphatic hydroxyl groups excluding tert-OH is 1. The number of H-pyrrole nitrogens is 1. The number of rotatable bonds is 2. The molecule has 4 heterocycles. The van der Waals surface area contributed by atoms with Gasteiger partial charge in [0.1, 0.15) is 5.82 Å². The van der Waals surface area contributed by atoms with E-state index in [9.17, 15) is 41.4 Å². The zero-order chi connectivity index (χ0) is 23.5. The number of halogens is 6. The summed E-state index contributed by atoms with van der Waals surface area (Å²) in [6.07, 6.45) is -11.4. The molecule has 1 amide bonds. The summed E-state index contributed by atoms with van der Waals surface area (Å²) >= 11 is 0. The van der Waals surface area contributed by atoms with Crippen molar-refractivity contribution < 1.29 is 41.4 Å². The SMILES string of the molecule is O=C1Nc2n[nH]c(C3CCN(c4ccc(C(F)(F)F)cn4)CC3)c2C(O)(C(F)(F)F)C1O. The van der Waals surface area contributed by atoms with Gasteiger partial charge in [0.15, 0.2) is 11.9 Å². The Hall–Kier alpha value is -2.87. The number of aromatic nitrogens is 3. The van der Waals surface area contributed by atoms with Gasteiger partial charge in [0.25, 0.3) is 5.91 Å². The molecule has 2 atom stereocenters. The number of amides is 1. The molecule has 4 rings (SSSR count). The number of nitrogens with one attached hydrogen (secondary N) is 2. The zero-order valence-corrected chi connectivity index (χ0v) is 16.1. The maximum absolute atomic E-state index is 13.7. The number of carbonyl (C=O) groups excluding carboxylic acids is 1.